The number of hydrogen-bond donors (Lipinski definition) is 2. The summed E-state index contributed by atoms with van der Waals surface area (Å²) in [6, 6.07) is 10.8. The average molecular weight is 290 g/mol. The van der Waals surface area contributed by atoms with Gasteiger partial charge in [-0.05, 0) is 23.3 Å². The van der Waals surface area contributed by atoms with Gasteiger partial charge in [-0.25, -0.2) is 4.39 Å². The van der Waals surface area contributed by atoms with E-state index >= 15 is 0 Å². The molecule has 0 unspecified atom stereocenters. The average Bonchev–Trinajstić information content (AvgIpc) is 2.47. The molecule has 2 N–H and O–H groups in total. The van der Waals surface area contributed by atoms with E-state index in [2.05, 4.69) is 5.32 Å². The SMILES string of the molecule is O=[N+]([O-])c1ccc(F)cc1CNCc1cccc(CO)c1. The van der Waals surface area contributed by atoms with Gasteiger partial charge in [-0.2, -0.15) is 0 Å². The van der Waals surface area contributed by atoms with E-state index in [1.54, 1.807) is 6.07 Å². The molecule has 2 aromatic carbocycles. The number of nitro groups is 1. The Hall–Kier alpha value is -2.31. The topological polar surface area (TPSA) is 75.4 Å². The fourth-order valence-electron chi connectivity index (χ4n) is 2.05. The van der Waals surface area contributed by atoms with Crippen LogP contribution in [0.5, 0.6) is 0 Å². The Morgan fingerprint density at radius 2 is 1.90 bits per heavy atom. The van der Waals surface area contributed by atoms with Crippen molar-refractivity contribution in [1.29, 1.82) is 0 Å². The number of rotatable bonds is 6. The molecule has 2 rings (SSSR count). The van der Waals surface area contributed by atoms with Crippen LogP contribution in [0.25, 0.3) is 0 Å². The molecule has 0 aromatic heterocycles. The van der Waals surface area contributed by atoms with E-state index in [9.17, 15) is 14.5 Å². The first-order valence-corrected chi connectivity index (χ1v) is 6.42. The number of nitro benzene ring substituents is 1. The molecular weight excluding hydrogens is 275 g/mol. The Balaban J connectivity index is 2.03. The molecule has 0 aliphatic carbocycles. The Bertz CT molecular complexity index is 647. The number of aliphatic hydroxyl groups is 1. The molecule has 0 spiro atoms. The van der Waals surface area contributed by atoms with Gasteiger partial charge >= 0.3 is 0 Å². The molecule has 5 nitrogen and oxygen atoms in total. The van der Waals surface area contributed by atoms with Crippen LogP contribution in [0.3, 0.4) is 0 Å². The predicted molar refractivity (Wildman–Crippen MR) is 76.0 cm³/mol. The molecule has 0 bridgehead atoms. The summed E-state index contributed by atoms with van der Waals surface area (Å²) in [6.07, 6.45) is 0. The maximum Gasteiger partial charge on any atom is 0.274 e. The molecule has 0 saturated heterocycles. The number of benzene rings is 2. The summed E-state index contributed by atoms with van der Waals surface area (Å²) in [5, 5.41) is 23.0. The van der Waals surface area contributed by atoms with E-state index in [4.69, 9.17) is 5.11 Å². The third-order valence-corrected chi connectivity index (χ3v) is 3.06. The van der Waals surface area contributed by atoms with Gasteiger partial charge in [0.15, 0.2) is 0 Å². The van der Waals surface area contributed by atoms with Crippen molar-refractivity contribution in [2.45, 2.75) is 19.7 Å². The minimum atomic E-state index is -0.525. The fraction of sp³-hybridized carbons (Fsp3) is 0.200. The maximum absolute atomic E-state index is 13.2. The molecule has 0 saturated carbocycles. The maximum atomic E-state index is 13.2. The van der Waals surface area contributed by atoms with E-state index in [1.165, 1.54) is 6.07 Å². The first-order valence-electron chi connectivity index (χ1n) is 6.42. The predicted octanol–water partition coefficient (Wildman–Crippen LogP) is 2.52. The highest BCUT2D eigenvalue weighted by Crippen LogP contribution is 2.19. The number of halogens is 1. The standard InChI is InChI=1S/C15H15FN2O3/c16-14-4-5-15(18(20)21)13(7-14)9-17-8-11-2-1-3-12(6-11)10-19/h1-7,17,19H,8-10H2. The van der Waals surface area contributed by atoms with Gasteiger partial charge in [0.25, 0.3) is 5.69 Å². The summed E-state index contributed by atoms with van der Waals surface area (Å²) < 4.78 is 13.2. The van der Waals surface area contributed by atoms with Crippen LogP contribution >= 0.6 is 0 Å². The second-order valence-electron chi connectivity index (χ2n) is 4.61. The third kappa shape index (κ3) is 4.08. The Morgan fingerprint density at radius 1 is 1.14 bits per heavy atom. The number of nitrogens with zero attached hydrogens (tertiary/aromatic N) is 1. The van der Waals surface area contributed by atoms with Crippen LogP contribution in [0.15, 0.2) is 42.5 Å². The zero-order valence-electron chi connectivity index (χ0n) is 11.3. The van der Waals surface area contributed by atoms with E-state index in [0.717, 1.165) is 23.3 Å². The summed E-state index contributed by atoms with van der Waals surface area (Å²) in [5.74, 6) is -0.500. The van der Waals surface area contributed by atoms with Crippen molar-refractivity contribution in [3.8, 4) is 0 Å². The lowest BCUT2D eigenvalue weighted by molar-refractivity contribution is -0.385. The Labute approximate surface area is 121 Å². The molecule has 0 fully saturated rings. The van der Waals surface area contributed by atoms with Crippen LogP contribution < -0.4 is 5.32 Å². The molecule has 0 atom stereocenters. The molecule has 0 heterocycles. The van der Waals surface area contributed by atoms with Crippen molar-refractivity contribution in [2.75, 3.05) is 0 Å². The number of hydrogen-bond acceptors (Lipinski definition) is 4. The van der Waals surface area contributed by atoms with Gasteiger partial charge in [-0.1, -0.05) is 24.3 Å². The molecule has 6 heteroatoms. The monoisotopic (exact) mass is 290 g/mol. The van der Waals surface area contributed by atoms with E-state index in [1.807, 2.05) is 18.2 Å². The first-order chi connectivity index (χ1) is 10.1. The van der Waals surface area contributed by atoms with Crippen LogP contribution in [0.2, 0.25) is 0 Å². The summed E-state index contributed by atoms with van der Waals surface area (Å²) in [6.45, 7) is 0.627. The summed E-state index contributed by atoms with van der Waals surface area (Å²) in [4.78, 5) is 10.4. The highest BCUT2D eigenvalue weighted by molar-refractivity contribution is 5.40. The van der Waals surface area contributed by atoms with Crippen molar-refractivity contribution < 1.29 is 14.4 Å². The quantitative estimate of drug-likeness (QED) is 0.633. The molecular formula is C15H15FN2O3. The zero-order valence-corrected chi connectivity index (χ0v) is 11.3. The normalized spacial score (nSPS) is 10.6. The van der Waals surface area contributed by atoms with Crippen LogP contribution in [-0.2, 0) is 19.7 Å². The lowest BCUT2D eigenvalue weighted by Gasteiger charge is -2.07. The van der Waals surface area contributed by atoms with E-state index in [-0.39, 0.29) is 18.8 Å². The van der Waals surface area contributed by atoms with Gasteiger partial charge in [0.1, 0.15) is 5.82 Å². The molecule has 0 aliphatic heterocycles. The highest BCUT2D eigenvalue weighted by atomic mass is 19.1. The zero-order chi connectivity index (χ0) is 15.2. The molecule has 0 aliphatic rings. The second kappa shape index (κ2) is 6.92. The summed E-state index contributed by atoms with van der Waals surface area (Å²) >= 11 is 0. The van der Waals surface area contributed by atoms with Gasteiger partial charge in [0.05, 0.1) is 11.5 Å². The molecule has 0 radical (unpaired) electrons. The lowest BCUT2D eigenvalue weighted by Crippen LogP contribution is -2.14. The smallest absolute Gasteiger partial charge is 0.274 e. The number of nitrogens with one attached hydrogen (secondary N) is 1. The minimum Gasteiger partial charge on any atom is -0.392 e. The Morgan fingerprint density at radius 3 is 2.62 bits per heavy atom. The van der Waals surface area contributed by atoms with Crippen LogP contribution in [0, 0.1) is 15.9 Å². The lowest BCUT2D eigenvalue weighted by atomic mass is 10.1. The van der Waals surface area contributed by atoms with Crippen molar-refractivity contribution in [3.63, 3.8) is 0 Å². The summed E-state index contributed by atoms with van der Waals surface area (Å²) in [5.41, 5.74) is 1.94. The fourth-order valence-corrected chi connectivity index (χ4v) is 2.05. The molecule has 0 amide bonds. The summed E-state index contributed by atoms with van der Waals surface area (Å²) in [7, 11) is 0. The highest BCUT2D eigenvalue weighted by Gasteiger charge is 2.13. The van der Waals surface area contributed by atoms with Crippen molar-refractivity contribution >= 4 is 5.69 Å². The molecule has 2 aromatic rings. The first kappa shape index (κ1) is 15.1. The van der Waals surface area contributed by atoms with Gasteiger partial charge in [-0.15, -0.1) is 0 Å². The van der Waals surface area contributed by atoms with Gasteiger partial charge in [0, 0.05) is 24.7 Å². The van der Waals surface area contributed by atoms with Crippen molar-refractivity contribution in [1.82, 2.24) is 5.32 Å². The minimum absolute atomic E-state index is 0.0385. The van der Waals surface area contributed by atoms with Gasteiger partial charge < -0.3 is 10.4 Å². The van der Waals surface area contributed by atoms with Gasteiger partial charge in [0.2, 0.25) is 0 Å². The Kier molecular flexibility index (Phi) is 4.97. The van der Waals surface area contributed by atoms with Gasteiger partial charge in [-0.3, -0.25) is 10.1 Å². The van der Waals surface area contributed by atoms with E-state index in [0.29, 0.717) is 12.1 Å². The molecule has 110 valence electrons. The van der Waals surface area contributed by atoms with Crippen LogP contribution in [-0.4, -0.2) is 10.0 Å². The second-order valence-corrected chi connectivity index (χ2v) is 4.61. The van der Waals surface area contributed by atoms with Crippen LogP contribution in [0.1, 0.15) is 16.7 Å². The van der Waals surface area contributed by atoms with Crippen molar-refractivity contribution in [3.05, 3.63) is 75.1 Å². The molecule has 21 heavy (non-hydrogen) atoms. The largest absolute Gasteiger partial charge is 0.392 e. The van der Waals surface area contributed by atoms with Crippen LogP contribution in [0.4, 0.5) is 10.1 Å². The van der Waals surface area contributed by atoms with Crippen molar-refractivity contribution in [2.24, 2.45) is 0 Å². The third-order valence-electron chi connectivity index (χ3n) is 3.06. The number of aliphatic hydroxyl groups excluding tert-OH is 1. The van der Waals surface area contributed by atoms with E-state index < -0.39 is 10.7 Å².